The summed E-state index contributed by atoms with van der Waals surface area (Å²) in [5.74, 6) is 2.41. The van der Waals surface area contributed by atoms with E-state index in [0.717, 1.165) is 23.6 Å². The average Bonchev–Trinajstić information content (AvgIpc) is 3.09. The molecule has 4 rings (SSSR count). The Morgan fingerprint density at radius 1 is 1.35 bits per heavy atom. The minimum Gasteiger partial charge on any atom is -0.493 e. The van der Waals surface area contributed by atoms with Gasteiger partial charge in [0.15, 0.2) is 0 Å². The molecule has 0 radical (unpaired) electrons. The normalized spacial score (nSPS) is 17.0. The van der Waals surface area contributed by atoms with E-state index in [1.807, 2.05) is 10.8 Å². The van der Waals surface area contributed by atoms with Gasteiger partial charge >= 0.3 is 0 Å². The van der Waals surface area contributed by atoms with Crippen LogP contribution >= 0.6 is 0 Å². The number of hydrogen-bond donors (Lipinski definition) is 1. The lowest BCUT2D eigenvalue weighted by atomic mass is 10.2. The van der Waals surface area contributed by atoms with E-state index in [0.29, 0.717) is 30.5 Å². The number of nitrogens with one attached hydrogen (secondary N) is 1. The SMILES string of the molecule is O=S(=O)(NCCn1ccnc1C1CC1)c1ccc2c(c1)CCO2. The smallest absolute Gasteiger partial charge is 0.240 e. The average molecular weight is 333 g/mol. The van der Waals surface area contributed by atoms with Crippen molar-refractivity contribution in [3.63, 3.8) is 0 Å². The summed E-state index contributed by atoms with van der Waals surface area (Å²) < 4.78 is 35.0. The zero-order valence-electron chi connectivity index (χ0n) is 12.7. The maximum atomic E-state index is 12.4. The first-order valence-electron chi connectivity index (χ1n) is 7.90. The van der Waals surface area contributed by atoms with Crippen molar-refractivity contribution in [1.29, 1.82) is 0 Å². The molecular weight excluding hydrogens is 314 g/mol. The van der Waals surface area contributed by atoms with Crippen LogP contribution in [0, 0.1) is 0 Å². The summed E-state index contributed by atoms with van der Waals surface area (Å²) in [6.45, 7) is 1.57. The van der Waals surface area contributed by atoms with E-state index >= 15 is 0 Å². The van der Waals surface area contributed by atoms with E-state index in [4.69, 9.17) is 4.74 Å². The Balaban J connectivity index is 1.42. The van der Waals surface area contributed by atoms with Gasteiger partial charge in [0.1, 0.15) is 11.6 Å². The predicted molar refractivity (Wildman–Crippen MR) is 85.0 cm³/mol. The zero-order valence-corrected chi connectivity index (χ0v) is 13.6. The highest BCUT2D eigenvalue weighted by Gasteiger charge is 2.27. The lowest BCUT2D eigenvalue weighted by molar-refractivity contribution is 0.356. The molecule has 0 bridgehead atoms. The van der Waals surface area contributed by atoms with Crippen LogP contribution < -0.4 is 9.46 Å². The van der Waals surface area contributed by atoms with Crippen molar-refractivity contribution in [2.24, 2.45) is 0 Å². The minimum atomic E-state index is -3.49. The molecule has 0 amide bonds. The Hall–Kier alpha value is -1.86. The Bertz CT molecular complexity index is 825. The number of benzene rings is 1. The third-order valence-corrected chi connectivity index (χ3v) is 5.76. The van der Waals surface area contributed by atoms with Gasteiger partial charge in [0.2, 0.25) is 10.0 Å². The van der Waals surface area contributed by atoms with E-state index in [9.17, 15) is 8.42 Å². The second-order valence-electron chi connectivity index (χ2n) is 6.02. The molecule has 0 unspecified atom stereocenters. The Morgan fingerprint density at radius 3 is 3.04 bits per heavy atom. The number of ether oxygens (including phenoxy) is 1. The highest BCUT2D eigenvalue weighted by molar-refractivity contribution is 7.89. The Labute approximate surface area is 135 Å². The second-order valence-corrected chi connectivity index (χ2v) is 7.79. The van der Waals surface area contributed by atoms with Gasteiger partial charge in [0.25, 0.3) is 0 Å². The summed E-state index contributed by atoms with van der Waals surface area (Å²) in [5.41, 5.74) is 0.957. The van der Waals surface area contributed by atoms with Gasteiger partial charge in [-0.1, -0.05) is 0 Å². The van der Waals surface area contributed by atoms with Crippen LogP contribution in [0.5, 0.6) is 5.75 Å². The molecule has 1 aliphatic heterocycles. The highest BCUT2D eigenvalue weighted by Crippen LogP contribution is 2.38. The number of fused-ring (bicyclic) bond motifs is 1. The molecule has 0 saturated heterocycles. The lowest BCUT2D eigenvalue weighted by Gasteiger charge is -2.10. The molecule has 23 heavy (non-hydrogen) atoms. The van der Waals surface area contributed by atoms with Crippen molar-refractivity contribution in [3.05, 3.63) is 42.0 Å². The number of imidazole rings is 1. The molecule has 1 aliphatic carbocycles. The number of sulfonamides is 1. The molecule has 6 nitrogen and oxygen atoms in total. The van der Waals surface area contributed by atoms with Crippen LogP contribution in [0.4, 0.5) is 0 Å². The van der Waals surface area contributed by atoms with Crippen molar-refractivity contribution in [3.8, 4) is 5.75 Å². The van der Waals surface area contributed by atoms with E-state index in [1.54, 1.807) is 24.4 Å². The predicted octanol–water partition coefficient (Wildman–Crippen LogP) is 1.67. The van der Waals surface area contributed by atoms with Crippen molar-refractivity contribution in [1.82, 2.24) is 14.3 Å². The topological polar surface area (TPSA) is 73.2 Å². The van der Waals surface area contributed by atoms with Crippen LogP contribution in [0.25, 0.3) is 0 Å². The fraction of sp³-hybridized carbons (Fsp3) is 0.438. The molecule has 7 heteroatoms. The first-order valence-corrected chi connectivity index (χ1v) is 9.38. The van der Waals surface area contributed by atoms with E-state index in [1.165, 1.54) is 12.8 Å². The largest absolute Gasteiger partial charge is 0.493 e. The van der Waals surface area contributed by atoms with E-state index < -0.39 is 10.0 Å². The molecule has 1 N–H and O–H groups in total. The standard InChI is InChI=1S/C16H19N3O3S/c20-23(21,14-3-4-15-13(11-14)5-10-22-15)18-7-9-19-8-6-17-16(19)12-1-2-12/h3-4,6,8,11-12,18H,1-2,5,7,9-10H2. The molecule has 1 saturated carbocycles. The van der Waals surface area contributed by atoms with Gasteiger partial charge in [-0.25, -0.2) is 18.1 Å². The van der Waals surface area contributed by atoms with Crippen LogP contribution in [0.2, 0.25) is 0 Å². The van der Waals surface area contributed by atoms with Crippen LogP contribution in [0.15, 0.2) is 35.5 Å². The molecule has 1 aromatic carbocycles. The van der Waals surface area contributed by atoms with Gasteiger partial charge < -0.3 is 9.30 Å². The fourth-order valence-corrected chi connectivity index (χ4v) is 4.00. The highest BCUT2D eigenvalue weighted by atomic mass is 32.2. The summed E-state index contributed by atoms with van der Waals surface area (Å²) in [6, 6.07) is 5.04. The Kier molecular flexibility index (Phi) is 3.61. The van der Waals surface area contributed by atoms with E-state index in [2.05, 4.69) is 9.71 Å². The summed E-state index contributed by atoms with van der Waals surface area (Å²) in [7, 11) is -3.49. The zero-order chi connectivity index (χ0) is 15.9. The van der Waals surface area contributed by atoms with Crippen LogP contribution in [-0.2, 0) is 23.0 Å². The molecular formula is C16H19N3O3S. The Morgan fingerprint density at radius 2 is 2.22 bits per heavy atom. The monoisotopic (exact) mass is 333 g/mol. The molecule has 2 aromatic rings. The van der Waals surface area contributed by atoms with Gasteiger partial charge in [-0.2, -0.15) is 0 Å². The minimum absolute atomic E-state index is 0.301. The van der Waals surface area contributed by atoms with Crippen molar-refractivity contribution in [2.45, 2.75) is 36.6 Å². The molecule has 0 atom stereocenters. The molecule has 122 valence electrons. The first kappa shape index (κ1) is 14.7. The fourth-order valence-electron chi connectivity index (χ4n) is 2.93. The van der Waals surface area contributed by atoms with Crippen molar-refractivity contribution < 1.29 is 13.2 Å². The molecule has 0 spiro atoms. The number of rotatable bonds is 6. The maximum Gasteiger partial charge on any atom is 0.240 e. The third-order valence-electron chi connectivity index (χ3n) is 4.31. The summed E-state index contributed by atoms with van der Waals surface area (Å²) >= 11 is 0. The molecule has 2 aliphatic rings. The number of hydrogen-bond acceptors (Lipinski definition) is 4. The molecule has 1 fully saturated rings. The summed E-state index contributed by atoms with van der Waals surface area (Å²) in [6.07, 6.45) is 6.82. The number of aromatic nitrogens is 2. The quantitative estimate of drug-likeness (QED) is 0.873. The van der Waals surface area contributed by atoms with Gasteiger partial charge in [-0.05, 0) is 36.6 Å². The van der Waals surface area contributed by atoms with Crippen LogP contribution in [-0.4, -0.2) is 31.1 Å². The summed E-state index contributed by atoms with van der Waals surface area (Å²) in [5, 5.41) is 0. The van der Waals surface area contributed by atoms with Crippen LogP contribution in [0.1, 0.15) is 30.1 Å². The lowest BCUT2D eigenvalue weighted by Crippen LogP contribution is -2.27. The van der Waals surface area contributed by atoms with E-state index in [-0.39, 0.29) is 0 Å². The van der Waals surface area contributed by atoms with Crippen molar-refractivity contribution in [2.75, 3.05) is 13.2 Å². The third kappa shape index (κ3) is 2.98. The van der Waals surface area contributed by atoms with Gasteiger partial charge in [0, 0.05) is 37.8 Å². The second kappa shape index (κ2) is 5.65. The molecule has 2 heterocycles. The van der Waals surface area contributed by atoms with Gasteiger partial charge in [-0.15, -0.1) is 0 Å². The molecule has 1 aromatic heterocycles. The van der Waals surface area contributed by atoms with Crippen molar-refractivity contribution >= 4 is 10.0 Å². The maximum absolute atomic E-state index is 12.4. The number of nitrogens with zero attached hydrogens (tertiary/aromatic N) is 2. The van der Waals surface area contributed by atoms with Gasteiger partial charge in [-0.3, -0.25) is 0 Å². The van der Waals surface area contributed by atoms with Crippen LogP contribution in [0.3, 0.4) is 0 Å². The van der Waals surface area contributed by atoms with Gasteiger partial charge in [0.05, 0.1) is 11.5 Å². The summed E-state index contributed by atoms with van der Waals surface area (Å²) in [4.78, 5) is 4.66. The first-order chi connectivity index (χ1) is 11.1.